The molecular weight excluding hydrogens is 896 g/mol. The Morgan fingerprint density at radius 3 is 1.47 bits per heavy atom. The van der Waals surface area contributed by atoms with Crippen LogP contribution in [0.15, 0.2) is 56.4 Å². The van der Waals surface area contributed by atoms with Crippen molar-refractivity contribution in [3.05, 3.63) is 78.6 Å². The number of methoxy groups -OCH3 is 1. The van der Waals surface area contributed by atoms with E-state index in [9.17, 15) is 9.59 Å². The quantitative estimate of drug-likeness (QED) is 0.125. The first-order valence-corrected chi connectivity index (χ1v) is 22.4. The van der Waals surface area contributed by atoms with Gasteiger partial charge in [-0.3, -0.25) is 19.4 Å². The Morgan fingerprint density at radius 2 is 1.12 bits per heavy atom. The van der Waals surface area contributed by atoms with Crippen molar-refractivity contribution in [2.24, 2.45) is 0 Å². The van der Waals surface area contributed by atoms with E-state index in [0.717, 1.165) is 90.9 Å². The zero-order chi connectivity index (χ0) is 41.2. The topological polar surface area (TPSA) is 121 Å². The Kier molecular flexibility index (Phi) is 16.6. The van der Waals surface area contributed by atoms with E-state index in [-0.39, 0.29) is 18.8 Å². The molecule has 6 rings (SSSR count). The number of carbonyl (C=O) groups excluding carboxylic acids is 1. The molecule has 0 saturated carbocycles. The van der Waals surface area contributed by atoms with E-state index in [4.69, 9.17) is 19.3 Å². The van der Waals surface area contributed by atoms with Crippen LogP contribution in [0.1, 0.15) is 49.9 Å². The summed E-state index contributed by atoms with van der Waals surface area (Å²) in [5.74, 6) is 0.526. The van der Waals surface area contributed by atoms with Crippen molar-refractivity contribution in [3.63, 3.8) is 0 Å². The summed E-state index contributed by atoms with van der Waals surface area (Å²) in [6, 6.07) is 13.1. The second-order valence-electron chi connectivity index (χ2n) is 14.8. The molecule has 310 valence electrons. The zero-order valence-electron chi connectivity index (χ0n) is 33.7. The first-order chi connectivity index (χ1) is 27.2. The molecule has 2 aromatic carbocycles. The van der Waals surface area contributed by atoms with Crippen molar-refractivity contribution >= 4 is 76.7 Å². The average molecular weight is 951 g/mol. The molecule has 0 radical (unpaired) electrons. The summed E-state index contributed by atoms with van der Waals surface area (Å²) in [6.45, 7) is 19.7. The van der Waals surface area contributed by atoms with Gasteiger partial charge in [0.2, 0.25) is 0 Å². The second-order valence-corrected chi connectivity index (χ2v) is 19.6. The minimum atomic E-state index is -0.831. The number of hydrogen-bond acceptors (Lipinski definition) is 13. The fourth-order valence-electron chi connectivity index (χ4n) is 7.45. The molecule has 2 aromatic heterocycles. The van der Waals surface area contributed by atoms with Gasteiger partial charge in [0, 0.05) is 63.4 Å². The Hall–Kier alpha value is -3.28. The first kappa shape index (κ1) is 44.8. The van der Waals surface area contributed by atoms with E-state index in [1.807, 2.05) is 62.6 Å². The lowest BCUT2D eigenvalue weighted by Gasteiger charge is -2.44. The van der Waals surface area contributed by atoms with Gasteiger partial charge in [-0.1, -0.05) is 46.9 Å². The van der Waals surface area contributed by atoms with E-state index < -0.39 is 5.97 Å². The summed E-state index contributed by atoms with van der Waals surface area (Å²) in [5.41, 5.74) is 3.76. The number of nitrogens with zero attached hydrogens (tertiary/aromatic N) is 6. The summed E-state index contributed by atoms with van der Waals surface area (Å²) in [5, 5.41) is 11.1. The molecule has 0 amide bonds. The van der Waals surface area contributed by atoms with Gasteiger partial charge in [-0.25, -0.2) is 9.97 Å². The van der Waals surface area contributed by atoms with Crippen molar-refractivity contribution in [2.45, 2.75) is 78.6 Å². The second kappa shape index (κ2) is 21.1. The van der Waals surface area contributed by atoms with Crippen molar-refractivity contribution in [2.75, 3.05) is 69.4 Å². The molecular formula is C41H54Br2N6O6S2. The van der Waals surface area contributed by atoms with Gasteiger partial charge in [-0.05, 0) is 108 Å². The Morgan fingerprint density at radius 1 is 0.719 bits per heavy atom. The van der Waals surface area contributed by atoms with E-state index in [0.29, 0.717) is 37.4 Å². The van der Waals surface area contributed by atoms with Gasteiger partial charge in [0.05, 0.1) is 39.9 Å². The smallest absolute Gasteiger partial charge is 0.309 e. The third-order valence-electron chi connectivity index (χ3n) is 10.3. The molecule has 0 bridgehead atoms. The number of aliphatic carboxylic acids is 1. The average Bonchev–Trinajstić information content (AvgIpc) is 3.81. The molecule has 1 N–H and O–H groups in total. The van der Waals surface area contributed by atoms with Gasteiger partial charge in [-0.15, -0.1) is 0 Å². The van der Waals surface area contributed by atoms with Gasteiger partial charge in [-0.2, -0.15) is 0 Å². The fraction of sp³-hybridized carbons (Fsp3) is 0.512. The highest BCUT2D eigenvalue weighted by atomic mass is 79.9. The Bertz CT molecular complexity index is 1920. The number of rotatable bonds is 14. The number of esters is 1. The van der Waals surface area contributed by atoms with Gasteiger partial charge in [0.15, 0.2) is 10.3 Å². The lowest BCUT2D eigenvalue weighted by Crippen LogP contribution is -2.57. The number of halogens is 2. The number of thiazole rings is 2. The number of ether oxygens (including phenoxy) is 3. The van der Waals surface area contributed by atoms with Crippen LogP contribution in [-0.4, -0.2) is 121 Å². The number of benzene rings is 2. The SMILES string of the molecule is COC(=O)Cc1ccc(C)c(OCCN2[C@H](C)CN(c3ncc(Br)s3)C[C@@H]2C)c1.Cc1ccc(CC(=O)O)cc1OCCN1[C@H](C)CN(c2ncc(Br)s2)C[C@@H]1C. The fourth-order valence-corrected chi connectivity index (χ4v) is 9.85. The molecule has 4 heterocycles. The highest BCUT2D eigenvalue weighted by Gasteiger charge is 2.32. The first-order valence-electron chi connectivity index (χ1n) is 19.2. The van der Waals surface area contributed by atoms with E-state index in [1.54, 1.807) is 22.7 Å². The summed E-state index contributed by atoms with van der Waals surface area (Å²) in [7, 11) is 1.41. The van der Waals surface area contributed by atoms with Crippen molar-refractivity contribution in [1.29, 1.82) is 0 Å². The van der Waals surface area contributed by atoms with Gasteiger partial charge in [0.1, 0.15) is 24.7 Å². The van der Waals surface area contributed by atoms with Crippen LogP contribution in [0.2, 0.25) is 0 Å². The van der Waals surface area contributed by atoms with Crippen molar-refractivity contribution < 1.29 is 28.9 Å². The highest BCUT2D eigenvalue weighted by Crippen LogP contribution is 2.31. The zero-order valence-corrected chi connectivity index (χ0v) is 38.5. The van der Waals surface area contributed by atoms with Crippen molar-refractivity contribution in [3.8, 4) is 11.5 Å². The number of piperazine rings is 2. The number of carboxylic acids is 1. The van der Waals surface area contributed by atoms with Crippen LogP contribution in [0, 0.1) is 13.8 Å². The minimum Gasteiger partial charge on any atom is -0.492 e. The number of carboxylic acid groups (broad SMARTS) is 1. The highest BCUT2D eigenvalue weighted by molar-refractivity contribution is 9.11. The number of anilines is 2. The summed E-state index contributed by atoms with van der Waals surface area (Å²) >= 11 is 10.3. The number of carbonyl (C=O) groups is 2. The molecule has 2 fully saturated rings. The number of hydrogen-bond donors (Lipinski definition) is 1. The molecule has 0 aliphatic carbocycles. The molecule has 12 nitrogen and oxygen atoms in total. The number of aryl methyl sites for hydroxylation is 2. The third kappa shape index (κ3) is 12.9. The molecule has 16 heteroatoms. The summed E-state index contributed by atoms with van der Waals surface area (Å²) < 4.78 is 19.0. The lowest BCUT2D eigenvalue weighted by atomic mass is 10.1. The third-order valence-corrected chi connectivity index (χ3v) is 13.4. The normalized spacial score (nSPS) is 20.2. The van der Waals surface area contributed by atoms with Crippen LogP contribution in [0.4, 0.5) is 10.3 Å². The van der Waals surface area contributed by atoms with Crippen LogP contribution in [-0.2, 0) is 27.2 Å². The molecule has 2 aliphatic heterocycles. The maximum atomic E-state index is 11.5. The van der Waals surface area contributed by atoms with Crippen molar-refractivity contribution in [1.82, 2.24) is 19.8 Å². The number of aromatic nitrogens is 2. The predicted molar refractivity (Wildman–Crippen MR) is 236 cm³/mol. The van der Waals surface area contributed by atoms with E-state index in [1.165, 1.54) is 7.11 Å². The standard InChI is InChI=1S/C21H28BrN3O3S.C20H26BrN3O3S/c1-14-5-6-17(10-20(26)27-4)9-18(14)28-8-7-25-15(2)12-24(13-16(25)3)21-23-11-19(22)29-21;1-13-4-5-16(9-19(25)26)8-17(13)27-7-6-24-14(2)11-23(12-15(24)3)20-22-10-18(21)28-20/h5-6,9,11,15-16H,7-8,10,12-13H2,1-4H3;4-5,8,10,14-15H,6-7,9,11-12H2,1-3H3,(H,25,26)/t15-,16+;14-,15+. The Labute approximate surface area is 361 Å². The molecule has 57 heavy (non-hydrogen) atoms. The maximum Gasteiger partial charge on any atom is 0.309 e. The minimum absolute atomic E-state index is 0.0134. The molecule has 2 aliphatic rings. The van der Waals surface area contributed by atoms with E-state index >= 15 is 0 Å². The molecule has 4 atom stereocenters. The maximum absolute atomic E-state index is 11.5. The van der Waals surface area contributed by atoms with Crippen LogP contribution in [0.5, 0.6) is 11.5 Å². The summed E-state index contributed by atoms with van der Waals surface area (Å²) in [4.78, 5) is 41.1. The molecule has 0 unspecified atom stereocenters. The lowest BCUT2D eigenvalue weighted by molar-refractivity contribution is -0.140. The van der Waals surface area contributed by atoms with E-state index in [2.05, 4.69) is 89.1 Å². The van der Waals surface area contributed by atoms with Crippen LogP contribution < -0.4 is 19.3 Å². The van der Waals surface area contributed by atoms with Crippen LogP contribution in [0.3, 0.4) is 0 Å². The van der Waals surface area contributed by atoms with Crippen LogP contribution >= 0.6 is 54.5 Å². The van der Waals surface area contributed by atoms with Crippen LogP contribution in [0.25, 0.3) is 0 Å². The van der Waals surface area contributed by atoms with Gasteiger partial charge in [0.25, 0.3) is 0 Å². The molecule has 4 aromatic rings. The predicted octanol–water partition coefficient (Wildman–Crippen LogP) is 7.73. The molecule has 0 spiro atoms. The molecule has 2 saturated heterocycles. The van der Waals surface area contributed by atoms with Gasteiger partial charge < -0.3 is 29.1 Å². The largest absolute Gasteiger partial charge is 0.492 e. The monoisotopic (exact) mass is 948 g/mol. The summed E-state index contributed by atoms with van der Waals surface area (Å²) in [6.07, 6.45) is 4.00. The van der Waals surface area contributed by atoms with Gasteiger partial charge >= 0.3 is 11.9 Å². The Balaban J connectivity index is 0.000000218.